The van der Waals surface area contributed by atoms with Crippen molar-refractivity contribution in [1.82, 2.24) is 0 Å². The molecule has 8 nitrogen and oxygen atoms in total. The first kappa shape index (κ1) is 40.9. The summed E-state index contributed by atoms with van der Waals surface area (Å²) in [5.74, 6) is 4.30. The summed E-state index contributed by atoms with van der Waals surface area (Å²) in [6.45, 7) is 26.2. The number of ether oxygens (including phenoxy) is 8. The standard InChI is InChI=1S/C47H58O8/c1-11-25-33-39(48-13-3)37(43(52-17-7)45(54-19-9)41(33)50-15-5)47(35-29-23-21-27-31(35)32-28-22-24-30-36(32)47)38-40(49-14-4)34(26-12-2)42(51-16-6)46(55-20-10)44(38)53-18-8/h15-16,21-24,27-30H,5-6,11-14,17-20,25-26H2,1-4,7-10H3. The van der Waals surface area contributed by atoms with E-state index in [-0.39, 0.29) is 0 Å². The minimum absolute atomic E-state index is 0.340. The second-order valence-corrected chi connectivity index (χ2v) is 12.8. The molecule has 4 aromatic rings. The lowest BCUT2D eigenvalue weighted by atomic mass is 9.65. The highest BCUT2D eigenvalue weighted by Crippen LogP contribution is 2.68. The van der Waals surface area contributed by atoms with E-state index in [2.05, 4.69) is 75.5 Å². The topological polar surface area (TPSA) is 73.8 Å². The van der Waals surface area contributed by atoms with E-state index in [0.717, 1.165) is 57.3 Å². The number of fused-ring (bicyclic) bond motifs is 3. The van der Waals surface area contributed by atoms with Crippen LogP contribution in [0.25, 0.3) is 11.1 Å². The van der Waals surface area contributed by atoms with Crippen LogP contribution in [-0.4, -0.2) is 39.6 Å². The Kier molecular flexibility index (Phi) is 14.0. The molecule has 0 saturated heterocycles. The molecule has 0 heterocycles. The van der Waals surface area contributed by atoms with E-state index in [1.165, 1.54) is 12.5 Å². The van der Waals surface area contributed by atoms with Gasteiger partial charge in [-0.2, -0.15) is 0 Å². The predicted octanol–water partition coefficient (Wildman–Crippen LogP) is 11.4. The maximum Gasteiger partial charge on any atom is 0.205 e. The summed E-state index contributed by atoms with van der Waals surface area (Å²) in [6, 6.07) is 17.0. The SMILES string of the molecule is C=COc1c(CCC)c(OCC)c(C2(c3c(OCC)c(CCC)c(OC=C)c(OCC)c3OCC)c3ccccc3-c3ccccc32)c(OCC)c1OCC. The van der Waals surface area contributed by atoms with Crippen molar-refractivity contribution in [2.75, 3.05) is 39.6 Å². The normalized spacial score (nSPS) is 12.3. The first-order chi connectivity index (χ1) is 26.9. The predicted molar refractivity (Wildman–Crippen MR) is 220 cm³/mol. The smallest absolute Gasteiger partial charge is 0.205 e. The molecule has 55 heavy (non-hydrogen) atoms. The van der Waals surface area contributed by atoms with Crippen molar-refractivity contribution in [3.8, 4) is 57.1 Å². The van der Waals surface area contributed by atoms with Crippen molar-refractivity contribution >= 4 is 0 Å². The summed E-state index contributed by atoms with van der Waals surface area (Å²) in [4.78, 5) is 0. The summed E-state index contributed by atoms with van der Waals surface area (Å²) in [6.07, 6.45) is 5.74. The summed E-state index contributed by atoms with van der Waals surface area (Å²) in [5, 5.41) is 0. The van der Waals surface area contributed by atoms with Crippen LogP contribution in [0.1, 0.15) is 102 Å². The van der Waals surface area contributed by atoms with Crippen LogP contribution in [0.15, 0.2) is 74.2 Å². The van der Waals surface area contributed by atoms with Gasteiger partial charge in [0.25, 0.3) is 0 Å². The van der Waals surface area contributed by atoms with Crippen molar-refractivity contribution in [2.24, 2.45) is 0 Å². The molecular formula is C47H58O8. The van der Waals surface area contributed by atoms with E-state index in [9.17, 15) is 0 Å². The Morgan fingerprint density at radius 3 is 1.09 bits per heavy atom. The average molecular weight is 751 g/mol. The lowest BCUT2D eigenvalue weighted by molar-refractivity contribution is 0.256. The van der Waals surface area contributed by atoms with Gasteiger partial charge >= 0.3 is 0 Å². The third kappa shape index (κ3) is 7.07. The molecule has 0 atom stereocenters. The minimum Gasteiger partial charge on any atom is -0.493 e. The Morgan fingerprint density at radius 1 is 0.436 bits per heavy atom. The van der Waals surface area contributed by atoms with Crippen molar-refractivity contribution in [3.05, 3.63) is 108 Å². The maximum absolute atomic E-state index is 6.93. The fraction of sp³-hybridized carbons (Fsp3) is 0.404. The average Bonchev–Trinajstić information content (AvgIpc) is 3.48. The minimum atomic E-state index is -1.18. The monoisotopic (exact) mass is 750 g/mol. The molecule has 0 fully saturated rings. The number of hydrogen-bond acceptors (Lipinski definition) is 8. The van der Waals surface area contributed by atoms with Crippen LogP contribution in [0.3, 0.4) is 0 Å². The van der Waals surface area contributed by atoms with Gasteiger partial charge in [0.2, 0.25) is 11.5 Å². The van der Waals surface area contributed by atoms with E-state index >= 15 is 0 Å². The van der Waals surface area contributed by atoms with Crippen LogP contribution >= 0.6 is 0 Å². The van der Waals surface area contributed by atoms with Crippen LogP contribution in [0.4, 0.5) is 0 Å². The van der Waals surface area contributed by atoms with Gasteiger partial charge in [0.15, 0.2) is 23.0 Å². The Bertz CT molecular complexity index is 1750. The van der Waals surface area contributed by atoms with Gasteiger partial charge in [-0.15, -0.1) is 0 Å². The molecule has 8 heteroatoms. The lowest BCUT2D eigenvalue weighted by Crippen LogP contribution is -2.33. The zero-order valence-electron chi connectivity index (χ0n) is 34.0. The molecule has 0 amide bonds. The molecule has 0 aromatic heterocycles. The van der Waals surface area contributed by atoms with Gasteiger partial charge in [-0.1, -0.05) is 88.4 Å². The fourth-order valence-electron chi connectivity index (χ4n) is 8.09. The van der Waals surface area contributed by atoms with Gasteiger partial charge in [0.1, 0.15) is 11.5 Å². The van der Waals surface area contributed by atoms with Crippen molar-refractivity contribution < 1.29 is 37.9 Å². The van der Waals surface area contributed by atoms with Gasteiger partial charge in [0, 0.05) is 11.1 Å². The number of rotatable bonds is 22. The van der Waals surface area contributed by atoms with Crippen LogP contribution < -0.4 is 37.9 Å². The first-order valence-electron chi connectivity index (χ1n) is 19.9. The molecular weight excluding hydrogens is 693 g/mol. The maximum atomic E-state index is 6.93. The third-order valence-electron chi connectivity index (χ3n) is 9.67. The third-order valence-corrected chi connectivity index (χ3v) is 9.67. The van der Waals surface area contributed by atoms with E-state index in [1.807, 2.05) is 41.5 Å². The second kappa shape index (κ2) is 18.9. The van der Waals surface area contributed by atoms with Crippen LogP contribution in [-0.2, 0) is 18.3 Å². The molecule has 0 radical (unpaired) electrons. The highest BCUT2D eigenvalue weighted by molar-refractivity contribution is 5.92. The van der Waals surface area contributed by atoms with E-state index in [1.54, 1.807) is 0 Å². The van der Waals surface area contributed by atoms with Gasteiger partial charge in [-0.3, -0.25) is 0 Å². The lowest BCUT2D eigenvalue weighted by Gasteiger charge is -2.40. The van der Waals surface area contributed by atoms with E-state index in [0.29, 0.717) is 98.5 Å². The summed E-state index contributed by atoms with van der Waals surface area (Å²) in [7, 11) is 0. The second-order valence-electron chi connectivity index (χ2n) is 12.8. The molecule has 0 aliphatic heterocycles. The summed E-state index contributed by atoms with van der Waals surface area (Å²) in [5.41, 5.74) is 6.20. The highest BCUT2D eigenvalue weighted by atomic mass is 16.6. The number of benzene rings is 4. The first-order valence-corrected chi connectivity index (χ1v) is 19.9. The molecule has 0 N–H and O–H groups in total. The van der Waals surface area contributed by atoms with E-state index < -0.39 is 5.41 Å². The van der Waals surface area contributed by atoms with Crippen LogP contribution in [0.5, 0.6) is 46.0 Å². The molecule has 0 bridgehead atoms. The van der Waals surface area contributed by atoms with Gasteiger partial charge < -0.3 is 37.9 Å². The molecule has 294 valence electrons. The van der Waals surface area contributed by atoms with Gasteiger partial charge in [0.05, 0.1) is 68.7 Å². The van der Waals surface area contributed by atoms with E-state index in [4.69, 9.17) is 37.9 Å². The van der Waals surface area contributed by atoms with Crippen molar-refractivity contribution in [2.45, 2.75) is 86.5 Å². The Labute approximate surface area is 328 Å². The highest BCUT2D eigenvalue weighted by Gasteiger charge is 2.55. The number of hydrogen-bond donors (Lipinski definition) is 0. The molecule has 5 rings (SSSR count). The molecule has 0 unspecified atom stereocenters. The molecule has 0 saturated carbocycles. The van der Waals surface area contributed by atoms with Gasteiger partial charge in [-0.25, -0.2) is 0 Å². The largest absolute Gasteiger partial charge is 0.493 e. The Balaban J connectivity index is 2.28. The molecule has 1 aliphatic carbocycles. The fourth-order valence-corrected chi connectivity index (χ4v) is 8.09. The zero-order chi connectivity index (χ0) is 39.5. The molecule has 4 aromatic carbocycles. The zero-order valence-corrected chi connectivity index (χ0v) is 34.0. The van der Waals surface area contributed by atoms with Crippen molar-refractivity contribution in [3.63, 3.8) is 0 Å². The Hall–Kier alpha value is -5.24. The van der Waals surface area contributed by atoms with Crippen molar-refractivity contribution in [1.29, 1.82) is 0 Å². The molecule has 0 spiro atoms. The van der Waals surface area contributed by atoms with Crippen LogP contribution in [0, 0.1) is 0 Å². The quantitative estimate of drug-likeness (QED) is 0.0648. The Morgan fingerprint density at radius 2 is 0.764 bits per heavy atom. The summed E-state index contributed by atoms with van der Waals surface area (Å²) >= 11 is 0. The summed E-state index contributed by atoms with van der Waals surface area (Å²) < 4.78 is 53.4. The van der Waals surface area contributed by atoms with Gasteiger partial charge in [-0.05, 0) is 76.6 Å². The van der Waals surface area contributed by atoms with Crippen LogP contribution in [0.2, 0.25) is 0 Å². The molecule has 1 aliphatic rings.